The lowest BCUT2D eigenvalue weighted by atomic mass is 10.1. The minimum absolute atomic E-state index is 0.0125. The molecule has 78 valence electrons. The fourth-order valence-corrected chi connectivity index (χ4v) is 1.23. The number of nitriles is 1. The highest BCUT2D eigenvalue weighted by Gasteiger charge is 2.19. The van der Waals surface area contributed by atoms with E-state index in [1.807, 2.05) is 0 Å². The fourth-order valence-electron chi connectivity index (χ4n) is 1.23. The molecule has 1 rings (SSSR count). The van der Waals surface area contributed by atoms with Gasteiger partial charge in [0.2, 0.25) is 5.75 Å². The van der Waals surface area contributed by atoms with Crippen molar-refractivity contribution in [2.75, 3.05) is 7.11 Å². The van der Waals surface area contributed by atoms with E-state index in [1.54, 1.807) is 6.07 Å². The predicted octanol–water partition coefficient (Wildman–Crippen LogP) is 0.967. The van der Waals surface area contributed by atoms with E-state index >= 15 is 0 Å². The van der Waals surface area contributed by atoms with Gasteiger partial charge in [0.15, 0.2) is 0 Å². The summed E-state index contributed by atoms with van der Waals surface area (Å²) in [5.74, 6) is -0.0125. The van der Waals surface area contributed by atoms with Crippen LogP contribution in [0.4, 0.5) is 5.69 Å². The molecule has 0 bridgehead atoms. The number of nitrogens with zero attached hydrogens (tertiary/aromatic N) is 2. The summed E-state index contributed by atoms with van der Waals surface area (Å²) < 4.78 is 4.82. The highest BCUT2D eigenvalue weighted by Crippen LogP contribution is 2.32. The summed E-state index contributed by atoms with van der Waals surface area (Å²) in [5.41, 5.74) is 0.0235. The van der Waals surface area contributed by atoms with Crippen molar-refractivity contribution in [3.05, 3.63) is 33.4 Å². The Balaban J connectivity index is 3.47. The molecule has 15 heavy (non-hydrogen) atoms. The van der Waals surface area contributed by atoms with Gasteiger partial charge in [-0.05, 0) is 6.07 Å². The first-order valence-electron chi connectivity index (χ1n) is 4.00. The molecule has 0 spiro atoms. The van der Waals surface area contributed by atoms with Gasteiger partial charge in [-0.3, -0.25) is 10.1 Å². The quantitative estimate of drug-likeness (QED) is 0.589. The fraction of sp³-hybridized carbons (Fsp3) is 0.222. The Kier molecular flexibility index (Phi) is 3.21. The van der Waals surface area contributed by atoms with Crippen LogP contribution in [0.1, 0.15) is 11.1 Å². The van der Waals surface area contributed by atoms with Gasteiger partial charge in [0, 0.05) is 11.6 Å². The predicted molar refractivity (Wildman–Crippen MR) is 50.3 cm³/mol. The third kappa shape index (κ3) is 2.03. The lowest BCUT2D eigenvalue weighted by molar-refractivity contribution is -0.385. The Morgan fingerprint density at radius 1 is 1.67 bits per heavy atom. The maximum Gasteiger partial charge on any atom is 0.312 e. The normalized spacial score (nSPS) is 9.40. The molecule has 0 saturated carbocycles. The monoisotopic (exact) mass is 208 g/mol. The van der Waals surface area contributed by atoms with Crippen LogP contribution < -0.4 is 4.74 Å². The van der Waals surface area contributed by atoms with Crippen molar-refractivity contribution >= 4 is 5.69 Å². The third-order valence-electron chi connectivity index (χ3n) is 1.85. The highest BCUT2D eigenvalue weighted by atomic mass is 16.6. The molecule has 1 N–H and O–H groups in total. The van der Waals surface area contributed by atoms with Crippen molar-refractivity contribution < 1.29 is 14.8 Å². The molecule has 0 aliphatic carbocycles. The van der Waals surface area contributed by atoms with Crippen molar-refractivity contribution in [1.29, 1.82) is 5.26 Å². The average molecular weight is 208 g/mol. The minimum atomic E-state index is -0.654. The van der Waals surface area contributed by atoms with Crippen LogP contribution in [0.25, 0.3) is 0 Å². The van der Waals surface area contributed by atoms with Crippen LogP contribution in [-0.2, 0) is 6.61 Å². The topological polar surface area (TPSA) is 96.4 Å². The Morgan fingerprint density at radius 3 is 2.73 bits per heavy atom. The third-order valence-corrected chi connectivity index (χ3v) is 1.85. The largest absolute Gasteiger partial charge is 0.490 e. The zero-order valence-electron chi connectivity index (χ0n) is 7.93. The molecule has 0 saturated heterocycles. The standard InChI is InChI=1S/C9H8N2O4/c1-15-9-7(5-12)2-6(4-10)3-8(9)11(13)14/h2-3,12H,5H2,1H3. The summed E-state index contributed by atoms with van der Waals surface area (Å²) in [4.78, 5) is 10.00. The van der Waals surface area contributed by atoms with Crippen LogP contribution >= 0.6 is 0 Å². The lowest BCUT2D eigenvalue weighted by Crippen LogP contribution is -1.99. The van der Waals surface area contributed by atoms with Crippen LogP contribution in [0.2, 0.25) is 0 Å². The van der Waals surface area contributed by atoms with Crippen LogP contribution in [0, 0.1) is 21.4 Å². The molecule has 0 fully saturated rings. The molecule has 0 radical (unpaired) electrons. The smallest absolute Gasteiger partial charge is 0.312 e. The minimum Gasteiger partial charge on any atom is -0.490 e. The molecular weight excluding hydrogens is 200 g/mol. The number of methoxy groups -OCH3 is 1. The first-order chi connectivity index (χ1) is 7.13. The summed E-state index contributed by atoms with van der Waals surface area (Å²) in [5, 5.41) is 28.2. The van der Waals surface area contributed by atoms with E-state index in [1.165, 1.54) is 13.2 Å². The number of hydrogen-bond donors (Lipinski definition) is 1. The number of aliphatic hydroxyl groups excluding tert-OH is 1. The SMILES string of the molecule is COc1c(CO)cc(C#N)cc1[N+](=O)[O-]. The van der Waals surface area contributed by atoms with Crippen LogP contribution in [0.15, 0.2) is 12.1 Å². The number of benzene rings is 1. The van der Waals surface area contributed by atoms with Gasteiger partial charge in [0.25, 0.3) is 0 Å². The van der Waals surface area contributed by atoms with Gasteiger partial charge < -0.3 is 9.84 Å². The molecule has 0 amide bonds. The number of hydrogen-bond acceptors (Lipinski definition) is 5. The summed E-state index contributed by atoms with van der Waals surface area (Å²) >= 11 is 0. The summed E-state index contributed by atoms with van der Waals surface area (Å²) in [6.07, 6.45) is 0. The summed E-state index contributed by atoms with van der Waals surface area (Å²) in [7, 11) is 1.27. The van der Waals surface area contributed by atoms with Crippen molar-refractivity contribution in [1.82, 2.24) is 0 Å². The second-order valence-electron chi connectivity index (χ2n) is 2.71. The van der Waals surface area contributed by atoms with Crippen LogP contribution in [-0.4, -0.2) is 17.1 Å². The Labute approximate surface area is 85.5 Å². The van der Waals surface area contributed by atoms with E-state index in [2.05, 4.69) is 0 Å². The van der Waals surface area contributed by atoms with E-state index in [0.29, 0.717) is 0 Å². The molecule has 0 unspecified atom stereocenters. The molecule has 0 aliphatic heterocycles. The zero-order valence-corrected chi connectivity index (χ0v) is 7.93. The molecule has 1 aromatic rings. The van der Waals surface area contributed by atoms with Gasteiger partial charge in [-0.2, -0.15) is 5.26 Å². The molecule has 0 aliphatic rings. The number of aliphatic hydroxyl groups is 1. The van der Waals surface area contributed by atoms with Gasteiger partial charge >= 0.3 is 5.69 Å². The first kappa shape index (κ1) is 10.9. The zero-order chi connectivity index (χ0) is 11.4. The molecule has 6 heteroatoms. The van der Waals surface area contributed by atoms with E-state index < -0.39 is 11.5 Å². The van der Waals surface area contributed by atoms with Crippen molar-refractivity contribution in [3.8, 4) is 11.8 Å². The number of nitro benzene ring substituents is 1. The summed E-state index contributed by atoms with van der Waals surface area (Å²) in [6.45, 7) is -0.417. The van der Waals surface area contributed by atoms with Crippen molar-refractivity contribution in [3.63, 3.8) is 0 Å². The van der Waals surface area contributed by atoms with Gasteiger partial charge in [-0.25, -0.2) is 0 Å². The molecule has 0 heterocycles. The van der Waals surface area contributed by atoms with Gasteiger partial charge in [-0.1, -0.05) is 0 Å². The molecule has 1 aromatic carbocycles. The van der Waals surface area contributed by atoms with Gasteiger partial charge in [0.1, 0.15) is 0 Å². The van der Waals surface area contributed by atoms with E-state index in [4.69, 9.17) is 15.1 Å². The molecule has 0 atom stereocenters. The number of ether oxygens (including phenoxy) is 1. The lowest BCUT2D eigenvalue weighted by Gasteiger charge is -2.06. The Hall–Kier alpha value is -2.13. The van der Waals surface area contributed by atoms with Crippen LogP contribution in [0.3, 0.4) is 0 Å². The molecule has 6 nitrogen and oxygen atoms in total. The average Bonchev–Trinajstić information content (AvgIpc) is 2.26. The maximum absolute atomic E-state index is 10.7. The van der Waals surface area contributed by atoms with Gasteiger partial charge in [0.05, 0.1) is 30.3 Å². The van der Waals surface area contributed by atoms with Crippen molar-refractivity contribution in [2.24, 2.45) is 0 Å². The maximum atomic E-state index is 10.7. The molecule has 0 aromatic heterocycles. The Bertz CT molecular complexity index is 436. The van der Waals surface area contributed by atoms with E-state index in [9.17, 15) is 10.1 Å². The molecular formula is C9H8N2O4. The second-order valence-corrected chi connectivity index (χ2v) is 2.71. The van der Waals surface area contributed by atoms with E-state index in [-0.39, 0.29) is 22.6 Å². The van der Waals surface area contributed by atoms with E-state index in [0.717, 1.165) is 6.07 Å². The second kappa shape index (κ2) is 4.39. The number of nitro groups is 1. The highest BCUT2D eigenvalue weighted by molar-refractivity contribution is 5.56. The first-order valence-corrected chi connectivity index (χ1v) is 4.00. The van der Waals surface area contributed by atoms with Gasteiger partial charge in [-0.15, -0.1) is 0 Å². The summed E-state index contributed by atoms with van der Waals surface area (Å²) in [6, 6.07) is 4.24. The van der Waals surface area contributed by atoms with Crippen LogP contribution in [0.5, 0.6) is 5.75 Å². The van der Waals surface area contributed by atoms with Crippen molar-refractivity contribution in [2.45, 2.75) is 6.61 Å². The number of rotatable bonds is 3. The Morgan fingerprint density at radius 2 is 2.33 bits per heavy atom.